The molecule has 1 spiro atoms. The van der Waals surface area contributed by atoms with Gasteiger partial charge in [-0.25, -0.2) is 4.39 Å². The predicted molar refractivity (Wildman–Crippen MR) is 130 cm³/mol. The van der Waals surface area contributed by atoms with Crippen LogP contribution in [-0.4, -0.2) is 11.9 Å². The Morgan fingerprint density at radius 1 is 1.09 bits per heavy atom. The van der Waals surface area contributed by atoms with Crippen LogP contribution >= 0.6 is 11.3 Å². The fourth-order valence-electron chi connectivity index (χ4n) is 5.66. The lowest BCUT2D eigenvalue weighted by Crippen LogP contribution is -2.57. The van der Waals surface area contributed by atoms with Crippen molar-refractivity contribution in [3.05, 3.63) is 80.8 Å². The van der Waals surface area contributed by atoms with Crippen molar-refractivity contribution in [2.24, 2.45) is 11.3 Å². The van der Waals surface area contributed by atoms with Crippen molar-refractivity contribution in [1.82, 2.24) is 5.32 Å². The van der Waals surface area contributed by atoms with Crippen LogP contribution in [0, 0.1) is 31.0 Å². The first-order valence-electron chi connectivity index (χ1n) is 11.6. The summed E-state index contributed by atoms with van der Waals surface area (Å²) < 4.78 is 15.0. The summed E-state index contributed by atoms with van der Waals surface area (Å²) in [7, 11) is 0. The predicted octanol–water partition coefficient (Wildman–Crippen LogP) is 7.07. The van der Waals surface area contributed by atoms with Crippen molar-refractivity contribution in [3.8, 4) is 11.1 Å². The fourth-order valence-corrected chi connectivity index (χ4v) is 6.74. The number of aryl methyl sites for hydroxylation is 2. The minimum Gasteiger partial charge on any atom is -0.349 e. The smallest absolute Gasteiger partial charge is 0.252 e. The number of halogens is 1. The second-order valence-electron chi connectivity index (χ2n) is 9.80. The van der Waals surface area contributed by atoms with Gasteiger partial charge in [0.05, 0.1) is 5.56 Å². The van der Waals surface area contributed by atoms with Gasteiger partial charge in [0.15, 0.2) is 0 Å². The third-order valence-corrected chi connectivity index (χ3v) is 8.96. The molecule has 1 N–H and O–H groups in total. The second kappa shape index (κ2) is 8.15. The zero-order valence-electron chi connectivity index (χ0n) is 19.0. The normalized spacial score (nSPS) is 24.1. The van der Waals surface area contributed by atoms with Gasteiger partial charge in [0, 0.05) is 22.2 Å². The lowest BCUT2D eigenvalue weighted by Gasteiger charge is -2.58. The number of amides is 1. The zero-order valence-corrected chi connectivity index (χ0v) is 19.8. The van der Waals surface area contributed by atoms with E-state index >= 15 is 4.39 Å². The Bertz CT molecular complexity index is 1160. The Labute approximate surface area is 193 Å². The molecule has 4 heteroatoms. The van der Waals surface area contributed by atoms with Crippen molar-refractivity contribution in [1.29, 1.82) is 0 Å². The molecule has 5 rings (SSSR count). The van der Waals surface area contributed by atoms with Crippen LogP contribution in [0.25, 0.3) is 11.1 Å². The highest BCUT2D eigenvalue weighted by molar-refractivity contribution is 7.12. The number of carbonyl (C=O) groups is 1. The van der Waals surface area contributed by atoms with Gasteiger partial charge in [0.2, 0.25) is 0 Å². The van der Waals surface area contributed by atoms with E-state index in [1.165, 1.54) is 12.8 Å². The monoisotopic (exact) mass is 447 g/mol. The summed E-state index contributed by atoms with van der Waals surface area (Å²) in [5.74, 6) is 0.578. The van der Waals surface area contributed by atoms with Crippen LogP contribution in [0.4, 0.5) is 4.39 Å². The molecule has 0 saturated heterocycles. The first-order valence-corrected chi connectivity index (χ1v) is 12.4. The Kier molecular flexibility index (Phi) is 5.45. The molecular weight excluding hydrogens is 417 g/mol. The summed E-state index contributed by atoms with van der Waals surface area (Å²) in [6.07, 6.45) is 5.27. The number of hydrogen-bond donors (Lipinski definition) is 1. The third-order valence-electron chi connectivity index (χ3n) is 7.90. The molecule has 166 valence electrons. The summed E-state index contributed by atoms with van der Waals surface area (Å²) in [5, 5.41) is 3.28. The van der Waals surface area contributed by atoms with Gasteiger partial charge in [-0.1, -0.05) is 49.4 Å². The molecule has 2 aliphatic carbocycles. The number of carbonyl (C=O) groups excluding carboxylic acids is 1. The molecule has 2 fully saturated rings. The number of rotatable bonds is 5. The Hall–Kier alpha value is -2.46. The lowest BCUT2D eigenvalue weighted by molar-refractivity contribution is -0.0599. The quantitative estimate of drug-likeness (QED) is 0.445. The van der Waals surface area contributed by atoms with Gasteiger partial charge in [-0.15, -0.1) is 11.3 Å². The Morgan fingerprint density at radius 2 is 1.84 bits per heavy atom. The van der Waals surface area contributed by atoms with Crippen molar-refractivity contribution in [2.75, 3.05) is 0 Å². The maximum atomic E-state index is 15.0. The molecule has 2 nitrogen and oxygen atoms in total. The van der Waals surface area contributed by atoms with Gasteiger partial charge in [-0.3, -0.25) is 4.79 Å². The fraction of sp³-hybridized carbons (Fsp3) is 0.393. The summed E-state index contributed by atoms with van der Waals surface area (Å²) in [6.45, 7) is 6.37. The van der Waals surface area contributed by atoms with Crippen LogP contribution in [0.15, 0.2) is 48.5 Å². The van der Waals surface area contributed by atoms with E-state index in [-0.39, 0.29) is 17.8 Å². The summed E-state index contributed by atoms with van der Waals surface area (Å²) in [6, 6.07) is 15.6. The van der Waals surface area contributed by atoms with Crippen LogP contribution in [0.1, 0.15) is 63.8 Å². The molecule has 0 aliphatic heterocycles. The van der Waals surface area contributed by atoms with Crippen molar-refractivity contribution >= 4 is 17.2 Å². The highest BCUT2D eigenvalue weighted by Crippen LogP contribution is 2.59. The molecule has 2 aliphatic rings. The molecular formula is C28H30FNOS. The lowest BCUT2D eigenvalue weighted by atomic mass is 9.49. The SMILES string of the molecule is Cc1sc(C)c(C(=O)NC2CC3(CCC3C)C2)c1Cc1ccc(-c2ccccc2)cc1F. The molecule has 1 unspecified atom stereocenters. The van der Waals surface area contributed by atoms with E-state index in [2.05, 4.69) is 12.2 Å². The van der Waals surface area contributed by atoms with Gasteiger partial charge in [-0.2, -0.15) is 0 Å². The Balaban J connectivity index is 1.34. The highest BCUT2D eigenvalue weighted by Gasteiger charge is 2.53. The molecule has 1 atom stereocenters. The summed E-state index contributed by atoms with van der Waals surface area (Å²) >= 11 is 1.63. The molecule has 1 aromatic heterocycles. The standard InChI is InChI=1S/C28H30FNOS/c1-17-11-12-28(17)15-23(16-28)30-27(31)26-19(3)32-18(2)24(26)13-22-10-9-21(14-25(22)29)20-7-5-4-6-8-20/h4-10,14,17,23H,11-13,15-16H2,1-3H3,(H,30,31). The van der Waals surface area contributed by atoms with E-state index in [9.17, 15) is 4.79 Å². The van der Waals surface area contributed by atoms with Gasteiger partial charge in [-0.05, 0) is 79.2 Å². The molecule has 1 heterocycles. The van der Waals surface area contributed by atoms with Crippen LogP contribution in [0.3, 0.4) is 0 Å². The molecule has 32 heavy (non-hydrogen) atoms. The van der Waals surface area contributed by atoms with Gasteiger partial charge < -0.3 is 5.32 Å². The number of thiophene rings is 1. The first-order chi connectivity index (χ1) is 15.4. The van der Waals surface area contributed by atoms with E-state index in [1.807, 2.05) is 56.3 Å². The van der Waals surface area contributed by atoms with E-state index in [0.717, 1.165) is 50.8 Å². The highest BCUT2D eigenvalue weighted by atomic mass is 32.1. The second-order valence-corrected chi connectivity index (χ2v) is 11.2. The number of hydrogen-bond acceptors (Lipinski definition) is 2. The average Bonchev–Trinajstić information content (AvgIpc) is 3.03. The summed E-state index contributed by atoms with van der Waals surface area (Å²) in [5.41, 5.74) is 4.70. The van der Waals surface area contributed by atoms with Crippen molar-refractivity contribution < 1.29 is 9.18 Å². The van der Waals surface area contributed by atoms with E-state index in [1.54, 1.807) is 17.4 Å². The van der Waals surface area contributed by atoms with Crippen LogP contribution < -0.4 is 5.32 Å². The molecule has 3 aromatic rings. The maximum absolute atomic E-state index is 15.0. The van der Waals surface area contributed by atoms with Crippen molar-refractivity contribution in [3.63, 3.8) is 0 Å². The number of benzene rings is 2. The van der Waals surface area contributed by atoms with Crippen LogP contribution in [0.2, 0.25) is 0 Å². The topological polar surface area (TPSA) is 29.1 Å². The van der Waals surface area contributed by atoms with Gasteiger partial charge in [0.25, 0.3) is 5.91 Å². The minimum absolute atomic E-state index is 0.00925. The number of nitrogens with one attached hydrogen (secondary N) is 1. The van der Waals surface area contributed by atoms with Gasteiger partial charge in [0.1, 0.15) is 5.82 Å². The Morgan fingerprint density at radius 3 is 2.47 bits per heavy atom. The largest absolute Gasteiger partial charge is 0.349 e. The van der Waals surface area contributed by atoms with Crippen molar-refractivity contribution in [2.45, 2.75) is 58.9 Å². The van der Waals surface area contributed by atoms with Gasteiger partial charge >= 0.3 is 0 Å². The van der Waals surface area contributed by atoms with E-state index in [0.29, 0.717) is 17.4 Å². The van der Waals surface area contributed by atoms with E-state index in [4.69, 9.17) is 0 Å². The molecule has 1 amide bonds. The first kappa shape index (κ1) is 21.4. The summed E-state index contributed by atoms with van der Waals surface area (Å²) in [4.78, 5) is 15.3. The van der Waals surface area contributed by atoms with Crippen LogP contribution in [0.5, 0.6) is 0 Å². The third kappa shape index (κ3) is 3.69. The van der Waals surface area contributed by atoms with E-state index < -0.39 is 0 Å². The molecule has 2 saturated carbocycles. The van der Waals surface area contributed by atoms with Crippen LogP contribution in [-0.2, 0) is 6.42 Å². The zero-order chi connectivity index (χ0) is 22.5. The average molecular weight is 448 g/mol. The molecule has 0 radical (unpaired) electrons. The molecule has 2 aromatic carbocycles. The maximum Gasteiger partial charge on any atom is 0.252 e. The molecule has 0 bridgehead atoms. The minimum atomic E-state index is -0.221.